The largest absolute Gasteiger partial charge is 0.388 e. The Labute approximate surface area is 101 Å². The van der Waals surface area contributed by atoms with Crippen LogP contribution in [0.5, 0.6) is 0 Å². The van der Waals surface area contributed by atoms with Crippen LogP contribution in [0, 0.1) is 0 Å². The second kappa shape index (κ2) is 5.97. The van der Waals surface area contributed by atoms with Gasteiger partial charge < -0.3 is 20.5 Å². The van der Waals surface area contributed by atoms with E-state index in [0.29, 0.717) is 26.1 Å². The van der Waals surface area contributed by atoms with Crippen LogP contribution in [-0.4, -0.2) is 48.3 Å². The van der Waals surface area contributed by atoms with Gasteiger partial charge in [0.15, 0.2) is 0 Å². The van der Waals surface area contributed by atoms with Gasteiger partial charge in [-0.15, -0.1) is 0 Å². The predicted octanol–water partition coefficient (Wildman–Crippen LogP) is -0.831. The minimum Gasteiger partial charge on any atom is -0.388 e. The first kappa shape index (κ1) is 13.9. The van der Waals surface area contributed by atoms with Gasteiger partial charge in [0.25, 0.3) is 0 Å². The zero-order valence-corrected chi connectivity index (χ0v) is 10.3. The lowest BCUT2D eigenvalue weighted by Gasteiger charge is -2.31. The molecule has 3 N–H and O–H groups in total. The zero-order valence-electron chi connectivity index (χ0n) is 10.3. The number of carbonyl (C=O) groups excluding carboxylic acids is 2. The maximum absolute atomic E-state index is 11.4. The van der Waals surface area contributed by atoms with Gasteiger partial charge in [-0.3, -0.25) is 9.59 Å². The summed E-state index contributed by atoms with van der Waals surface area (Å²) in [5.41, 5.74) is -0.952. The van der Waals surface area contributed by atoms with Crippen molar-refractivity contribution in [1.29, 1.82) is 0 Å². The van der Waals surface area contributed by atoms with Crippen molar-refractivity contribution in [2.45, 2.75) is 38.3 Å². The van der Waals surface area contributed by atoms with Gasteiger partial charge in [0.05, 0.1) is 5.60 Å². The average Bonchev–Trinajstić information content (AvgIpc) is 2.26. The maximum Gasteiger partial charge on any atom is 0.309 e. The third-order valence-corrected chi connectivity index (χ3v) is 2.63. The molecule has 0 radical (unpaired) electrons. The molecule has 6 nitrogen and oxygen atoms in total. The Balaban J connectivity index is 2.34. The summed E-state index contributed by atoms with van der Waals surface area (Å²) in [5.74, 6) is -1.38. The smallest absolute Gasteiger partial charge is 0.309 e. The molecule has 0 aromatic heterocycles. The Morgan fingerprint density at radius 3 is 2.41 bits per heavy atom. The molecule has 1 aliphatic rings. The molecule has 1 saturated heterocycles. The van der Waals surface area contributed by atoms with E-state index in [0.717, 1.165) is 0 Å². The van der Waals surface area contributed by atoms with Crippen LogP contribution in [0.2, 0.25) is 0 Å². The molecule has 0 atom stereocenters. The molecule has 0 aliphatic carbocycles. The number of amides is 2. The van der Waals surface area contributed by atoms with Crippen molar-refractivity contribution < 1.29 is 19.4 Å². The predicted molar refractivity (Wildman–Crippen MR) is 61.3 cm³/mol. The Morgan fingerprint density at radius 2 is 1.88 bits per heavy atom. The van der Waals surface area contributed by atoms with Crippen molar-refractivity contribution >= 4 is 11.8 Å². The minimum absolute atomic E-state index is 0.0839. The van der Waals surface area contributed by atoms with Crippen LogP contribution in [0.25, 0.3) is 0 Å². The SMILES string of the molecule is CC(C)NC(=O)C(=O)NCC1(O)CCOCC1. The molecule has 98 valence electrons. The molecule has 0 spiro atoms. The van der Waals surface area contributed by atoms with Gasteiger partial charge in [0.1, 0.15) is 0 Å². The molecule has 17 heavy (non-hydrogen) atoms. The number of ether oxygens (including phenoxy) is 1. The van der Waals surface area contributed by atoms with Crippen molar-refractivity contribution in [2.75, 3.05) is 19.8 Å². The lowest BCUT2D eigenvalue weighted by Crippen LogP contribution is -2.50. The summed E-state index contributed by atoms with van der Waals surface area (Å²) in [4.78, 5) is 22.7. The fraction of sp³-hybridized carbons (Fsp3) is 0.818. The van der Waals surface area contributed by atoms with Crippen molar-refractivity contribution in [3.8, 4) is 0 Å². The van der Waals surface area contributed by atoms with Crippen LogP contribution < -0.4 is 10.6 Å². The molecule has 1 rings (SSSR count). The Hall–Kier alpha value is -1.14. The van der Waals surface area contributed by atoms with Gasteiger partial charge in [0.2, 0.25) is 0 Å². The molecule has 0 unspecified atom stereocenters. The highest BCUT2D eigenvalue weighted by molar-refractivity contribution is 6.35. The van der Waals surface area contributed by atoms with Crippen molar-refractivity contribution in [3.05, 3.63) is 0 Å². The summed E-state index contributed by atoms with van der Waals surface area (Å²) < 4.78 is 5.12. The summed E-state index contributed by atoms with van der Waals surface area (Å²) in [6.07, 6.45) is 0.943. The molecule has 0 aromatic rings. The van der Waals surface area contributed by atoms with Gasteiger partial charge in [0, 0.05) is 38.6 Å². The standard InChI is InChI=1S/C11H20N2O4/c1-8(2)13-10(15)9(14)12-7-11(16)3-5-17-6-4-11/h8,16H,3-7H2,1-2H3,(H,12,14)(H,13,15). The van der Waals surface area contributed by atoms with Gasteiger partial charge in [-0.25, -0.2) is 0 Å². The average molecular weight is 244 g/mol. The number of nitrogens with one attached hydrogen (secondary N) is 2. The highest BCUT2D eigenvalue weighted by atomic mass is 16.5. The molecule has 1 heterocycles. The van der Waals surface area contributed by atoms with Crippen molar-refractivity contribution in [1.82, 2.24) is 10.6 Å². The van der Waals surface area contributed by atoms with Crippen LogP contribution in [0.4, 0.5) is 0 Å². The maximum atomic E-state index is 11.4. The third-order valence-electron chi connectivity index (χ3n) is 2.63. The van der Waals surface area contributed by atoms with Gasteiger partial charge in [-0.2, -0.15) is 0 Å². The first-order valence-corrected chi connectivity index (χ1v) is 5.82. The van der Waals surface area contributed by atoms with Gasteiger partial charge >= 0.3 is 11.8 Å². The summed E-state index contributed by atoms with van der Waals surface area (Å²) in [6, 6.07) is -0.0839. The van der Waals surface area contributed by atoms with E-state index >= 15 is 0 Å². The highest BCUT2D eigenvalue weighted by Gasteiger charge is 2.30. The number of hydrogen-bond donors (Lipinski definition) is 3. The van der Waals surface area contributed by atoms with Crippen molar-refractivity contribution in [2.24, 2.45) is 0 Å². The molecular formula is C11H20N2O4. The Bertz CT molecular complexity index is 285. The summed E-state index contributed by atoms with van der Waals surface area (Å²) in [6.45, 7) is 4.59. The first-order valence-electron chi connectivity index (χ1n) is 5.82. The van der Waals surface area contributed by atoms with E-state index in [1.54, 1.807) is 13.8 Å². The first-order chi connectivity index (χ1) is 7.93. The molecule has 6 heteroatoms. The number of rotatable bonds is 3. The lowest BCUT2D eigenvalue weighted by atomic mass is 9.94. The van der Waals surface area contributed by atoms with E-state index in [1.807, 2.05) is 0 Å². The van der Waals surface area contributed by atoms with Crippen LogP contribution >= 0.6 is 0 Å². The molecule has 2 amide bonds. The zero-order chi connectivity index (χ0) is 12.9. The molecule has 1 fully saturated rings. The Kier molecular flexibility index (Phi) is 4.89. The molecule has 0 saturated carbocycles. The Morgan fingerprint density at radius 1 is 1.29 bits per heavy atom. The topological polar surface area (TPSA) is 87.7 Å². The summed E-state index contributed by atoms with van der Waals surface area (Å²) in [7, 11) is 0. The molecule has 0 aromatic carbocycles. The van der Waals surface area contributed by atoms with Crippen LogP contribution in [0.1, 0.15) is 26.7 Å². The van der Waals surface area contributed by atoms with Gasteiger partial charge in [-0.05, 0) is 13.8 Å². The highest BCUT2D eigenvalue weighted by Crippen LogP contribution is 2.18. The van der Waals surface area contributed by atoms with Crippen LogP contribution in [-0.2, 0) is 14.3 Å². The molecular weight excluding hydrogens is 224 g/mol. The lowest BCUT2D eigenvalue weighted by molar-refractivity contribution is -0.140. The van der Waals surface area contributed by atoms with E-state index in [4.69, 9.17) is 4.74 Å². The van der Waals surface area contributed by atoms with E-state index < -0.39 is 17.4 Å². The normalized spacial score (nSPS) is 18.8. The monoisotopic (exact) mass is 244 g/mol. The fourth-order valence-electron chi connectivity index (χ4n) is 1.58. The molecule has 1 aliphatic heterocycles. The number of carbonyl (C=O) groups is 2. The second-order valence-corrected chi connectivity index (χ2v) is 4.65. The fourth-order valence-corrected chi connectivity index (χ4v) is 1.58. The van der Waals surface area contributed by atoms with E-state index in [9.17, 15) is 14.7 Å². The second-order valence-electron chi connectivity index (χ2n) is 4.65. The van der Waals surface area contributed by atoms with Gasteiger partial charge in [-0.1, -0.05) is 0 Å². The summed E-state index contributed by atoms with van der Waals surface area (Å²) >= 11 is 0. The molecule has 0 bridgehead atoms. The minimum atomic E-state index is -0.952. The third kappa shape index (κ3) is 4.70. The van der Waals surface area contributed by atoms with E-state index in [-0.39, 0.29) is 12.6 Å². The van der Waals surface area contributed by atoms with Crippen LogP contribution in [0.15, 0.2) is 0 Å². The van der Waals surface area contributed by atoms with E-state index in [2.05, 4.69) is 10.6 Å². The quantitative estimate of drug-likeness (QED) is 0.565. The van der Waals surface area contributed by atoms with Crippen LogP contribution in [0.3, 0.4) is 0 Å². The number of aliphatic hydroxyl groups is 1. The number of hydrogen-bond acceptors (Lipinski definition) is 4. The summed E-state index contributed by atoms with van der Waals surface area (Å²) in [5, 5.41) is 15.0. The van der Waals surface area contributed by atoms with E-state index in [1.165, 1.54) is 0 Å². The van der Waals surface area contributed by atoms with Crippen molar-refractivity contribution in [3.63, 3.8) is 0 Å².